The van der Waals surface area contributed by atoms with Crippen LogP contribution in [0.25, 0.3) is 0 Å². The summed E-state index contributed by atoms with van der Waals surface area (Å²) in [4.78, 5) is 0. The average Bonchev–Trinajstić information content (AvgIpc) is 2.41. The van der Waals surface area contributed by atoms with Gasteiger partial charge in [-0.05, 0) is 36.6 Å². The molecule has 2 rings (SSSR count). The smallest absolute Gasteiger partial charge is 0.0891 e. The summed E-state index contributed by atoms with van der Waals surface area (Å²) in [7, 11) is 0. The number of rotatable bonds is 3. The van der Waals surface area contributed by atoms with Gasteiger partial charge in [0.05, 0.1) is 12.7 Å². The van der Waals surface area contributed by atoms with Crippen molar-refractivity contribution >= 4 is 27.5 Å². The fourth-order valence-electron chi connectivity index (χ4n) is 2.42. The maximum atomic E-state index is 10.7. The fraction of sp³-hybridized carbons (Fsp3) is 0.538. The number of nitrogens with two attached hydrogens (primary N) is 1. The van der Waals surface area contributed by atoms with Crippen LogP contribution in [0.2, 0.25) is 5.02 Å². The maximum absolute atomic E-state index is 10.7. The molecule has 0 spiro atoms. The molecule has 1 aromatic rings. The number of hydrogen-bond acceptors (Lipinski definition) is 3. The Bertz CT molecular complexity index is 421. The lowest BCUT2D eigenvalue weighted by Gasteiger charge is -2.40. The largest absolute Gasteiger partial charge is 0.388 e. The van der Waals surface area contributed by atoms with Crippen molar-refractivity contribution in [3.63, 3.8) is 0 Å². The quantitative estimate of drug-likeness (QED) is 0.893. The molecule has 0 bridgehead atoms. The van der Waals surface area contributed by atoms with Crippen molar-refractivity contribution in [3.05, 3.63) is 33.3 Å². The van der Waals surface area contributed by atoms with E-state index in [1.165, 1.54) is 0 Å². The van der Waals surface area contributed by atoms with Gasteiger partial charge in [0.25, 0.3) is 0 Å². The lowest BCUT2D eigenvalue weighted by atomic mass is 9.75. The third kappa shape index (κ3) is 2.73. The fourth-order valence-corrected chi connectivity index (χ4v) is 3.06. The van der Waals surface area contributed by atoms with Crippen LogP contribution in [0.1, 0.15) is 24.5 Å². The van der Waals surface area contributed by atoms with Crippen LogP contribution in [0.3, 0.4) is 0 Å². The second-order valence-electron chi connectivity index (χ2n) is 4.79. The molecule has 3 nitrogen and oxygen atoms in total. The topological polar surface area (TPSA) is 55.5 Å². The Morgan fingerprint density at radius 2 is 2.33 bits per heavy atom. The van der Waals surface area contributed by atoms with Gasteiger partial charge in [-0.1, -0.05) is 27.5 Å². The molecule has 0 saturated carbocycles. The van der Waals surface area contributed by atoms with Crippen molar-refractivity contribution in [2.45, 2.75) is 18.9 Å². The summed E-state index contributed by atoms with van der Waals surface area (Å²) >= 11 is 9.44. The van der Waals surface area contributed by atoms with Crippen molar-refractivity contribution in [3.8, 4) is 0 Å². The molecule has 2 unspecified atom stereocenters. The predicted octanol–water partition coefficient (Wildman–Crippen LogP) is 2.89. The molecule has 0 aromatic heterocycles. The summed E-state index contributed by atoms with van der Waals surface area (Å²) in [6.45, 7) is 1.63. The van der Waals surface area contributed by atoms with Gasteiger partial charge in [0, 0.05) is 28.1 Å². The van der Waals surface area contributed by atoms with Gasteiger partial charge in [0.2, 0.25) is 0 Å². The highest BCUT2D eigenvalue weighted by atomic mass is 79.9. The van der Waals surface area contributed by atoms with Crippen molar-refractivity contribution in [2.24, 2.45) is 11.1 Å². The van der Waals surface area contributed by atoms with E-state index in [4.69, 9.17) is 22.1 Å². The maximum Gasteiger partial charge on any atom is 0.0891 e. The summed E-state index contributed by atoms with van der Waals surface area (Å²) in [6, 6.07) is 5.41. The summed E-state index contributed by atoms with van der Waals surface area (Å²) < 4.78 is 6.35. The van der Waals surface area contributed by atoms with Crippen LogP contribution in [0.4, 0.5) is 0 Å². The second kappa shape index (κ2) is 5.88. The van der Waals surface area contributed by atoms with Crippen LogP contribution in [0.5, 0.6) is 0 Å². The zero-order valence-corrected chi connectivity index (χ0v) is 12.4. The van der Waals surface area contributed by atoms with E-state index in [1.54, 1.807) is 12.1 Å². The summed E-state index contributed by atoms with van der Waals surface area (Å²) in [6.07, 6.45) is 1.12. The predicted molar refractivity (Wildman–Crippen MR) is 75.7 cm³/mol. The normalized spacial score (nSPS) is 26.0. The third-order valence-corrected chi connectivity index (χ3v) is 4.55. The highest BCUT2D eigenvalue weighted by molar-refractivity contribution is 9.10. The number of benzene rings is 1. The van der Waals surface area contributed by atoms with E-state index in [0.29, 0.717) is 18.2 Å². The molecule has 100 valence electrons. The van der Waals surface area contributed by atoms with Gasteiger partial charge in [-0.15, -0.1) is 0 Å². The lowest BCUT2D eigenvalue weighted by molar-refractivity contribution is -0.0784. The van der Waals surface area contributed by atoms with E-state index >= 15 is 0 Å². The first kappa shape index (κ1) is 14.3. The Hall–Kier alpha value is -0.130. The first-order chi connectivity index (χ1) is 8.59. The number of hydrogen-bond donors (Lipinski definition) is 2. The molecule has 2 atom stereocenters. The molecular weight excluding hydrogens is 318 g/mol. The lowest BCUT2D eigenvalue weighted by Crippen LogP contribution is -2.43. The van der Waals surface area contributed by atoms with Gasteiger partial charge in [-0.3, -0.25) is 0 Å². The zero-order valence-electron chi connectivity index (χ0n) is 10.0. The number of aliphatic hydroxyl groups is 1. The molecule has 1 aromatic carbocycles. The van der Waals surface area contributed by atoms with Crippen LogP contribution in [0.15, 0.2) is 22.7 Å². The number of aliphatic hydroxyl groups excluding tert-OH is 1. The van der Waals surface area contributed by atoms with Gasteiger partial charge in [-0.25, -0.2) is 0 Å². The first-order valence-corrected chi connectivity index (χ1v) is 7.17. The number of halogens is 2. The minimum absolute atomic E-state index is 0.396. The van der Waals surface area contributed by atoms with E-state index in [9.17, 15) is 5.11 Å². The zero-order chi connectivity index (χ0) is 13.2. The van der Waals surface area contributed by atoms with Crippen molar-refractivity contribution < 1.29 is 9.84 Å². The van der Waals surface area contributed by atoms with Gasteiger partial charge in [0.1, 0.15) is 0 Å². The minimum atomic E-state index is -0.670. The molecule has 1 fully saturated rings. The molecule has 3 N–H and O–H groups in total. The van der Waals surface area contributed by atoms with Gasteiger partial charge >= 0.3 is 0 Å². The summed E-state index contributed by atoms with van der Waals surface area (Å²) in [5.41, 5.74) is 6.24. The molecule has 0 radical (unpaired) electrons. The second-order valence-corrected chi connectivity index (χ2v) is 6.08. The first-order valence-electron chi connectivity index (χ1n) is 6.00. The molecule has 1 aliphatic heterocycles. The average molecular weight is 335 g/mol. The Labute approximate surface area is 120 Å². The van der Waals surface area contributed by atoms with E-state index in [0.717, 1.165) is 29.5 Å². The van der Waals surface area contributed by atoms with Crippen molar-refractivity contribution in [1.29, 1.82) is 0 Å². The molecule has 1 saturated heterocycles. The molecule has 5 heteroatoms. The Morgan fingerprint density at radius 1 is 1.56 bits per heavy atom. The van der Waals surface area contributed by atoms with Crippen LogP contribution >= 0.6 is 27.5 Å². The molecule has 1 heterocycles. The Balaban J connectivity index is 2.33. The van der Waals surface area contributed by atoms with Crippen LogP contribution in [-0.2, 0) is 4.74 Å². The van der Waals surface area contributed by atoms with Crippen molar-refractivity contribution in [1.82, 2.24) is 0 Å². The molecule has 1 aliphatic rings. The van der Waals surface area contributed by atoms with Gasteiger partial charge in [-0.2, -0.15) is 0 Å². The van der Waals surface area contributed by atoms with Crippen LogP contribution in [0, 0.1) is 5.41 Å². The molecule has 0 amide bonds. The highest BCUT2D eigenvalue weighted by Crippen LogP contribution is 2.42. The number of ether oxygens (including phenoxy) is 1. The van der Waals surface area contributed by atoms with E-state index in [2.05, 4.69) is 15.9 Å². The van der Waals surface area contributed by atoms with E-state index in [1.807, 2.05) is 6.07 Å². The van der Waals surface area contributed by atoms with Crippen LogP contribution < -0.4 is 5.73 Å². The van der Waals surface area contributed by atoms with Gasteiger partial charge in [0.15, 0.2) is 0 Å². The Morgan fingerprint density at radius 3 is 2.94 bits per heavy atom. The van der Waals surface area contributed by atoms with Crippen LogP contribution in [-0.4, -0.2) is 24.9 Å². The molecule has 18 heavy (non-hydrogen) atoms. The SMILES string of the molecule is NCC1(C(O)c2cc(Cl)ccc2Br)CCCOC1. The highest BCUT2D eigenvalue weighted by Gasteiger charge is 2.40. The molecular formula is C13H17BrClNO2. The summed E-state index contributed by atoms with van der Waals surface area (Å²) in [5.74, 6) is 0. The molecule has 0 aliphatic carbocycles. The minimum Gasteiger partial charge on any atom is -0.388 e. The summed E-state index contributed by atoms with van der Waals surface area (Å²) in [5, 5.41) is 11.3. The van der Waals surface area contributed by atoms with E-state index < -0.39 is 11.5 Å². The standard InChI is InChI=1S/C13H17BrClNO2/c14-11-3-2-9(15)6-10(11)12(17)13(7-16)4-1-5-18-8-13/h2-3,6,12,17H,1,4-5,7-8,16H2. The van der Waals surface area contributed by atoms with Crippen molar-refractivity contribution in [2.75, 3.05) is 19.8 Å². The third-order valence-electron chi connectivity index (χ3n) is 3.59. The Kier molecular flexibility index (Phi) is 4.67. The monoisotopic (exact) mass is 333 g/mol. The van der Waals surface area contributed by atoms with E-state index in [-0.39, 0.29) is 0 Å². The van der Waals surface area contributed by atoms with Gasteiger partial charge < -0.3 is 15.6 Å².